The van der Waals surface area contributed by atoms with Gasteiger partial charge in [-0.2, -0.15) is 0 Å². The third kappa shape index (κ3) is 3.11. The molecule has 1 aliphatic heterocycles. The van der Waals surface area contributed by atoms with Crippen LogP contribution in [0.4, 0.5) is 0 Å². The molecule has 2 atom stereocenters. The van der Waals surface area contributed by atoms with Crippen LogP contribution in [-0.4, -0.2) is 12.4 Å². The highest BCUT2D eigenvalue weighted by Crippen LogP contribution is 2.58. The molecule has 114 valence electrons. The van der Waals surface area contributed by atoms with Crippen molar-refractivity contribution in [1.82, 2.24) is 0 Å². The van der Waals surface area contributed by atoms with Gasteiger partial charge in [-0.25, -0.2) is 0 Å². The van der Waals surface area contributed by atoms with E-state index in [1.54, 1.807) is 0 Å². The quantitative estimate of drug-likeness (QED) is 0.321. The molecule has 2 fully saturated rings. The fourth-order valence-electron chi connectivity index (χ4n) is 3.84. The summed E-state index contributed by atoms with van der Waals surface area (Å²) in [7, 11) is 0. The van der Waals surface area contributed by atoms with E-state index in [1.807, 2.05) is 12.3 Å². The number of ether oxygens (including phenoxy) is 2. The Morgan fingerprint density at radius 1 is 1.20 bits per heavy atom. The van der Waals surface area contributed by atoms with Gasteiger partial charge in [0, 0.05) is 11.8 Å². The molecule has 0 radical (unpaired) electrons. The summed E-state index contributed by atoms with van der Waals surface area (Å²) in [6.45, 7) is 7.00. The van der Waals surface area contributed by atoms with Gasteiger partial charge < -0.3 is 9.47 Å². The monoisotopic (exact) mass is 278 g/mol. The molecule has 0 amide bonds. The molecule has 2 heteroatoms. The molecule has 2 aliphatic rings. The predicted octanol–water partition coefficient (Wildman–Crippen LogP) is 5.35. The maximum absolute atomic E-state index is 6.13. The number of fused-ring (bicyclic) bond motifs is 1. The van der Waals surface area contributed by atoms with E-state index in [4.69, 9.17) is 9.47 Å². The zero-order valence-corrected chi connectivity index (χ0v) is 13.0. The molecule has 1 saturated carbocycles. The zero-order valence-electron chi connectivity index (χ0n) is 13.0. The maximum atomic E-state index is 6.13. The molecule has 2 rings (SSSR count). The Morgan fingerprint density at radius 3 is 2.90 bits per heavy atom. The summed E-state index contributed by atoms with van der Waals surface area (Å²) in [4.78, 5) is 0. The highest BCUT2D eigenvalue weighted by molar-refractivity contribution is 5.06. The van der Waals surface area contributed by atoms with Gasteiger partial charge >= 0.3 is 0 Å². The van der Waals surface area contributed by atoms with Crippen LogP contribution in [0.15, 0.2) is 25.0 Å². The van der Waals surface area contributed by atoms with E-state index in [0.29, 0.717) is 0 Å². The van der Waals surface area contributed by atoms with Crippen molar-refractivity contribution in [2.45, 2.75) is 76.9 Å². The van der Waals surface area contributed by atoms with Crippen molar-refractivity contribution in [3.63, 3.8) is 0 Å². The van der Waals surface area contributed by atoms with Crippen LogP contribution < -0.4 is 0 Å². The molecular weight excluding hydrogens is 248 g/mol. The normalized spacial score (nSPS) is 32.6. The second-order valence-corrected chi connectivity index (χ2v) is 6.32. The highest BCUT2D eigenvalue weighted by atomic mass is 16.7. The fourth-order valence-corrected chi connectivity index (χ4v) is 3.84. The lowest BCUT2D eigenvalue weighted by molar-refractivity contribution is -0.216. The van der Waals surface area contributed by atoms with E-state index in [9.17, 15) is 0 Å². The van der Waals surface area contributed by atoms with E-state index < -0.39 is 0 Å². The average molecular weight is 278 g/mol. The third-order valence-electron chi connectivity index (χ3n) is 5.00. The largest absolute Gasteiger partial charge is 0.470 e. The molecule has 1 heterocycles. The van der Waals surface area contributed by atoms with Gasteiger partial charge in [0.25, 0.3) is 0 Å². The van der Waals surface area contributed by atoms with Crippen LogP contribution in [0.25, 0.3) is 0 Å². The van der Waals surface area contributed by atoms with Crippen LogP contribution in [-0.2, 0) is 9.47 Å². The van der Waals surface area contributed by atoms with Gasteiger partial charge in [0.1, 0.15) is 0 Å². The van der Waals surface area contributed by atoms with Gasteiger partial charge in [-0.1, -0.05) is 32.3 Å². The number of hydrogen-bond donors (Lipinski definition) is 0. The Bertz CT molecular complexity index is 322. The molecule has 2 unspecified atom stereocenters. The van der Waals surface area contributed by atoms with Crippen molar-refractivity contribution in [2.24, 2.45) is 5.41 Å². The maximum Gasteiger partial charge on any atom is 0.215 e. The fraction of sp³-hybridized carbons (Fsp3) is 0.778. The number of hydrogen-bond acceptors (Lipinski definition) is 2. The smallest absolute Gasteiger partial charge is 0.215 e. The first-order valence-electron chi connectivity index (χ1n) is 8.36. The summed E-state index contributed by atoms with van der Waals surface area (Å²) >= 11 is 0. The van der Waals surface area contributed by atoms with E-state index >= 15 is 0 Å². The molecule has 0 spiro atoms. The molecule has 0 aromatic rings. The molecule has 0 bridgehead atoms. The lowest BCUT2D eigenvalue weighted by Crippen LogP contribution is -2.41. The molecular formula is C18H30O2. The molecule has 2 nitrogen and oxygen atoms in total. The van der Waals surface area contributed by atoms with E-state index in [-0.39, 0.29) is 11.2 Å². The molecule has 1 saturated heterocycles. The van der Waals surface area contributed by atoms with Crippen molar-refractivity contribution >= 4 is 0 Å². The number of allylic oxidation sites excluding steroid dienone is 2. The zero-order chi connectivity index (χ0) is 14.3. The van der Waals surface area contributed by atoms with Gasteiger partial charge in [-0.05, 0) is 44.6 Å². The first kappa shape index (κ1) is 15.6. The van der Waals surface area contributed by atoms with Gasteiger partial charge in [0.2, 0.25) is 5.79 Å². The van der Waals surface area contributed by atoms with Crippen LogP contribution >= 0.6 is 0 Å². The second kappa shape index (κ2) is 7.31. The SMILES string of the molecule is C=CCC12CCCC1(O/C=C/CCCCCC)OCC2. The highest BCUT2D eigenvalue weighted by Gasteiger charge is 2.60. The second-order valence-electron chi connectivity index (χ2n) is 6.32. The van der Waals surface area contributed by atoms with Crippen LogP contribution in [0.1, 0.15) is 71.1 Å². The molecule has 0 N–H and O–H groups in total. The van der Waals surface area contributed by atoms with Crippen molar-refractivity contribution in [3.05, 3.63) is 25.0 Å². The summed E-state index contributed by atoms with van der Waals surface area (Å²) in [6, 6.07) is 0. The van der Waals surface area contributed by atoms with Crippen molar-refractivity contribution in [2.75, 3.05) is 6.61 Å². The Hall–Kier alpha value is -0.760. The lowest BCUT2D eigenvalue weighted by atomic mass is 9.77. The van der Waals surface area contributed by atoms with E-state index in [1.165, 1.54) is 38.5 Å². The average Bonchev–Trinajstić information content (AvgIpc) is 2.93. The molecule has 0 aromatic heterocycles. The summed E-state index contributed by atoms with van der Waals surface area (Å²) in [5, 5.41) is 0. The number of unbranched alkanes of at least 4 members (excludes halogenated alkanes) is 4. The van der Waals surface area contributed by atoms with Crippen molar-refractivity contribution < 1.29 is 9.47 Å². The van der Waals surface area contributed by atoms with Gasteiger partial charge in [0.15, 0.2) is 0 Å². The third-order valence-corrected chi connectivity index (χ3v) is 5.00. The number of rotatable bonds is 9. The van der Waals surface area contributed by atoms with Crippen LogP contribution in [0, 0.1) is 5.41 Å². The Kier molecular flexibility index (Phi) is 5.71. The van der Waals surface area contributed by atoms with Gasteiger partial charge in [0.05, 0.1) is 12.9 Å². The molecule has 1 aliphatic carbocycles. The first-order chi connectivity index (χ1) is 9.79. The Labute approximate surface area is 124 Å². The topological polar surface area (TPSA) is 18.5 Å². The van der Waals surface area contributed by atoms with Crippen molar-refractivity contribution in [3.8, 4) is 0 Å². The minimum Gasteiger partial charge on any atom is -0.470 e. The van der Waals surface area contributed by atoms with Gasteiger partial charge in [-0.3, -0.25) is 0 Å². The van der Waals surface area contributed by atoms with E-state index in [2.05, 4.69) is 19.6 Å². The minimum atomic E-state index is -0.360. The van der Waals surface area contributed by atoms with E-state index in [0.717, 1.165) is 32.3 Å². The van der Waals surface area contributed by atoms with Crippen LogP contribution in [0.5, 0.6) is 0 Å². The van der Waals surface area contributed by atoms with Gasteiger partial charge in [-0.15, -0.1) is 6.58 Å². The summed E-state index contributed by atoms with van der Waals surface area (Å²) in [5.41, 5.74) is 0.182. The minimum absolute atomic E-state index is 0.182. The van der Waals surface area contributed by atoms with Crippen molar-refractivity contribution in [1.29, 1.82) is 0 Å². The van der Waals surface area contributed by atoms with Crippen LogP contribution in [0.3, 0.4) is 0 Å². The predicted molar refractivity (Wildman–Crippen MR) is 83.4 cm³/mol. The lowest BCUT2D eigenvalue weighted by Gasteiger charge is -2.37. The molecule has 0 aromatic carbocycles. The summed E-state index contributed by atoms with van der Waals surface area (Å²) in [5.74, 6) is -0.360. The Balaban J connectivity index is 1.84. The molecule has 20 heavy (non-hydrogen) atoms. The first-order valence-corrected chi connectivity index (χ1v) is 8.36. The summed E-state index contributed by atoms with van der Waals surface area (Å²) in [6.07, 6.45) is 18.0. The Morgan fingerprint density at radius 2 is 2.10 bits per heavy atom. The summed E-state index contributed by atoms with van der Waals surface area (Å²) < 4.78 is 12.2. The van der Waals surface area contributed by atoms with Crippen LogP contribution in [0.2, 0.25) is 0 Å². The standard InChI is InChI=1S/C18H30O2/c1-3-5-6-7-8-9-15-19-18-13-10-12-17(18,11-4-2)14-16-20-18/h4,9,15H,2-3,5-8,10-14,16H2,1H3/b15-9+.